The zero-order chi connectivity index (χ0) is 20.8. The maximum atomic E-state index is 13.2. The van der Waals surface area contributed by atoms with E-state index in [2.05, 4.69) is 6.92 Å². The average Bonchev–Trinajstić information content (AvgIpc) is 3.35. The Bertz CT molecular complexity index is 916. The van der Waals surface area contributed by atoms with Gasteiger partial charge in [-0.05, 0) is 55.4 Å². The molecule has 8 heteroatoms. The van der Waals surface area contributed by atoms with Crippen molar-refractivity contribution in [1.82, 2.24) is 9.21 Å². The Morgan fingerprint density at radius 3 is 2.31 bits per heavy atom. The van der Waals surface area contributed by atoms with Crippen LogP contribution in [0.5, 0.6) is 0 Å². The first kappa shape index (κ1) is 20.3. The Balaban J connectivity index is 1.61. The van der Waals surface area contributed by atoms with Gasteiger partial charge in [-0.15, -0.1) is 0 Å². The second-order valence-electron chi connectivity index (χ2n) is 8.52. The number of sulfonamides is 1. The fourth-order valence-corrected chi connectivity index (χ4v) is 6.26. The second kappa shape index (κ2) is 7.72. The molecule has 2 saturated heterocycles. The van der Waals surface area contributed by atoms with Gasteiger partial charge in [0.1, 0.15) is 6.04 Å². The molecule has 7 nitrogen and oxygen atoms in total. The topological polar surface area (TPSA) is 78.0 Å². The van der Waals surface area contributed by atoms with Crippen molar-refractivity contribution in [2.75, 3.05) is 31.1 Å². The number of piperidine rings is 1. The quantitative estimate of drug-likeness (QED) is 0.751. The van der Waals surface area contributed by atoms with Crippen LogP contribution in [0.15, 0.2) is 23.1 Å². The summed E-state index contributed by atoms with van der Waals surface area (Å²) in [5.74, 6) is 0.386. The van der Waals surface area contributed by atoms with E-state index < -0.39 is 16.1 Å². The van der Waals surface area contributed by atoms with Gasteiger partial charge in [-0.1, -0.05) is 6.92 Å². The molecule has 0 spiro atoms. The highest BCUT2D eigenvalue weighted by Gasteiger charge is 2.40. The van der Waals surface area contributed by atoms with Crippen molar-refractivity contribution in [2.45, 2.75) is 56.9 Å². The lowest BCUT2D eigenvalue weighted by Crippen LogP contribution is -2.51. The maximum Gasteiger partial charge on any atom is 0.246 e. The smallest absolute Gasteiger partial charge is 0.246 e. The van der Waals surface area contributed by atoms with Gasteiger partial charge in [0.15, 0.2) is 0 Å². The molecule has 1 aromatic rings. The van der Waals surface area contributed by atoms with E-state index in [1.165, 1.54) is 11.2 Å². The zero-order valence-electron chi connectivity index (χ0n) is 17.1. The maximum absolute atomic E-state index is 13.2. The number of likely N-dealkylation sites (tertiary alicyclic amines) is 1. The molecule has 3 aliphatic heterocycles. The molecule has 0 aromatic heterocycles. The third-order valence-electron chi connectivity index (χ3n) is 6.46. The number of carbonyl (C=O) groups excluding carboxylic acids is 2. The second-order valence-corrected chi connectivity index (χ2v) is 10.5. The van der Waals surface area contributed by atoms with Crippen molar-refractivity contribution in [3.05, 3.63) is 23.8 Å². The van der Waals surface area contributed by atoms with Crippen molar-refractivity contribution in [2.24, 2.45) is 5.92 Å². The van der Waals surface area contributed by atoms with Crippen LogP contribution in [0.4, 0.5) is 5.69 Å². The van der Waals surface area contributed by atoms with Gasteiger partial charge in [0, 0.05) is 45.2 Å². The number of benzene rings is 1. The molecule has 0 N–H and O–H groups in total. The monoisotopic (exact) mass is 419 g/mol. The van der Waals surface area contributed by atoms with E-state index in [9.17, 15) is 18.0 Å². The van der Waals surface area contributed by atoms with Crippen molar-refractivity contribution in [1.29, 1.82) is 0 Å². The summed E-state index contributed by atoms with van der Waals surface area (Å²) < 4.78 is 27.3. The summed E-state index contributed by atoms with van der Waals surface area (Å²) in [5, 5.41) is 0. The molecule has 29 heavy (non-hydrogen) atoms. The number of fused-ring (bicyclic) bond motifs is 1. The zero-order valence-corrected chi connectivity index (χ0v) is 18.0. The molecular weight excluding hydrogens is 390 g/mol. The van der Waals surface area contributed by atoms with E-state index in [-0.39, 0.29) is 16.7 Å². The Morgan fingerprint density at radius 1 is 1.03 bits per heavy atom. The number of hydrogen-bond acceptors (Lipinski definition) is 4. The number of amides is 2. The lowest BCUT2D eigenvalue weighted by Gasteiger charge is -2.34. The lowest BCUT2D eigenvalue weighted by atomic mass is 9.98. The molecule has 1 aromatic carbocycles. The third-order valence-corrected chi connectivity index (χ3v) is 8.35. The molecule has 3 aliphatic rings. The molecule has 0 saturated carbocycles. The molecular formula is C21H29N3O4S. The van der Waals surface area contributed by atoms with E-state index in [1.54, 1.807) is 23.1 Å². The average molecular weight is 420 g/mol. The minimum atomic E-state index is -3.53. The largest absolute Gasteiger partial charge is 0.341 e. The minimum absolute atomic E-state index is 0.0350. The van der Waals surface area contributed by atoms with E-state index >= 15 is 0 Å². The molecule has 3 heterocycles. The van der Waals surface area contributed by atoms with Gasteiger partial charge >= 0.3 is 0 Å². The van der Waals surface area contributed by atoms with Gasteiger partial charge < -0.3 is 4.90 Å². The van der Waals surface area contributed by atoms with E-state index in [1.807, 2.05) is 4.90 Å². The van der Waals surface area contributed by atoms with Gasteiger partial charge in [-0.25, -0.2) is 8.42 Å². The van der Waals surface area contributed by atoms with Gasteiger partial charge in [0.2, 0.25) is 21.8 Å². The van der Waals surface area contributed by atoms with E-state index in [4.69, 9.17) is 0 Å². The van der Waals surface area contributed by atoms with Crippen LogP contribution in [0.3, 0.4) is 0 Å². The highest BCUT2D eigenvalue weighted by molar-refractivity contribution is 7.89. The third kappa shape index (κ3) is 3.68. The van der Waals surface area contributed by atoms with Gasteiger partial charge in [0.05, 0.1) is 4.90 Å². The Labute approximate surface area is 172 Å². The van der Waals surface area contributed by atoms with Crippen LogP contribution < -0.4 is 4.90 Å². The molecule has 1 atom stereocenters. The van der Waals surface area contributed by atoms with Gasteiger partial charge in [-0.2, -0.15) is 4.31 Å². The number of nitrogens with zero attached hydrogens (tertiary/aromatic N) is 3. The van der Waals surface area contributed by atoms with Crippen LogP contribution in [0.2, 0.25) is 0 Å². The van der Waals surface area contributed by atoms with Crippen LogP contribution >= 0.6 is 0 Å². The SMILES string of the molecule is CC(=O)N1c2ccc(S(=O)(=O)N3CCCC3)cc2CC1C(=O)N1CCC(C)CC1. The normalized spacial score (nSPS) is 23.4. The Kier molecular flexibility index (Phi) is 5.42. The van der Waals surface area contributed by atoms with Crippen LogP contribution in [-0.4, -0.2) is 61.7 Å². The molecule has 2 fully saturated rings. The summed E-state index contributed by atoms with van der Waals surface area (Å²) in [7, 11) is -3.53. The fourth-order valence-electron chi connectivity index (χ4n) is 4.69. The first-order valence-electron chi connectivity index (χ1n) is 10.5. The van der Waals surface area contributed by atoms with Crippen LogP contribution in [-0.2, 0) is 26.0 Å². The summed E-state index contributed by atoms with van der Waals surface area (Å²) >= 11 is 0. The molecule has 0 bridgehead atoms. The predicted molar refractivity (Wildman–Crippen MR) is 110 cm³/mol. The predicted octanol–water partition coefficient (Wildman–Crippen LogP) is 2.01. The summed E-state index contributed by atoms with van der Waals surface area (Å²) in [6.07, 6.45) is 4.08. The highest BCUT2D eigenvalue weighted by atomic mass is 32.2. The van der Waals surface area contributed by atoms with Crippen LogP contribution in [0, 0.1) is 5.92 Å². The number of rotatable bonds is 3. The van der Waals surface area contributed by atoms with E-state index in [0.29, 0.717) is 44.2 Å². The first-order chi connectivity index (χ1) is 13.8. The summed E-state index contributed by atoms with van der Waals surface area (Å²) in [4.78, 5) is 29.2. The van der Waals surface area contributed by atoms with Crippen molar-refractivity contribution in [3.8, 4) is 0 Å². The van der Waals surface area contributed by atoms with Crippen molar-refractivity contribution in [3.63, 3.8) is 0 Å². The summed E-state index contributed by atoms with van der Waals surface area (Å²) in [6, 6.07) is 4.33. The summed E-state index contributed by atoms with van der Waals surface area (Å²) in [5.41, 5.74) is 1.41. The van der Waals surface area contributed by atoms with Gasteiger partial charge in [-0.3, -0.25) is 14.5 Å². The number of carbonyl (C=O) groups is 2. The fraction of sp³-hybridized carbons (Fsp3) is 0.619. The number of hydrogen-bond donors (Lipinski definition) is 0. The molecule has 158 valence electrons. The van der Waals surface area contributed by atoms with Crippen molar-refractivity contribution >= 4 is 27.5 Å². The first-order valence-corrected chi connectivity index (χ1v) is 11.9. The Hall–Kier alpha value is -1.93. The highest BCUT2D eigenvalue weighted by Crippen LogP contribution is 2.36. The number of anilines is 1. The molecule has 0 aliphatic carbocycles. The van der Waals surface area contributed by atoms with Crippen molar-refractivity contribution < 1.29 is 18.0 Å². The molecule has 0 radical (unpaired) electrons. The lowest BCUT2D eigenvalue weighted by molar-refractivity contribution is -0.135. The standard InChI is InChI=1S/C21H29N3O4S/c1-15-7-11-22(12-8-15)21(26)20-14-17-13-18(5-6-19(17)24(20)16(2)25)29(27,28)23-9-3-4-10-23/h5-6,13,15,20H,3-4,7-12,14H2,1-2H3. The Morgan fingerprint density at radius 2 is 1.69 bits per heavy atom. The molecule has 1 unspecified atom stereocenters. The van der Waals surface area contributed by atoms with Crippen LogP contribution in [0.25, 0.3) is 0 Å². The van der Waals surface area contributed by atoms with Crippen LogP contribution in [0.1, 0.15) is 45.1 Å². The van der Waals surface area contributed by atoms with Gasteiger partial charge in [0.25, 0.3) is 0 Å². The molecule has 2 amide bonds. The minimum Gasteiger partial charge on any atom is -0.341 e. The van der Waals surface area contributed by atoms with E-state index in [0.717, 1.165) is 31.2 Å². The summed E-state index contributed by atoms with van der Waals surface area (Å²) in [6.45, 7) is 6.18. The molecule has 4 rings (SSSR count).